The summed E-state index contributed by atoms with van der Waals surface area (Å²) in [5.41, 5.74) is -1.00. The standard InChI is InChI=1S/C7H13NO4S.C7H12O2.2C3H4O2.2C3H6O/c1-4-6(9)8-7(2,3)5-13(10,11)12;1-3-5-6-9-7(8)4-2;2*1-2-3(4)5;2*1-3(2)4/h4H,1,5H2,2-3H3,(H,8,9)(H,10,11,12);4H,2-3,5-6H2,1H3;2*2H,1H2,(H,4,5);2*1-2H3. The predicted molar refractivity (Wildman–Crippen MR) is 153 cm³/mol. The summed E-state index contributed by atoms with van der Waals surface area (Å²) in [7, 11) is -4.08. The first-order chi connectivity index (χ1) is 18.0. The molecule has 0 atom stereocenters. The zero-order valence-electron chi connectivity index (χ0n) is 24.4. The zero-order valence-corrected chi connectivity index (χ0v) is 25.2. The molecule has 0 radical (unpaired) electrons. The molecule has 0 spiro atoms. The van der Waals surface area contributed by atoms with E-state index < -0.39 is 39.3 Å². The molecule has 0 aliphatic heterocycles. The number of carbonyl (C=O) groups is 6. The van der Waals surface area contributed by atoms with Crippen molar-refractivity contribution in [2.75, 3.05) is 12.4 Å². The van der Waals surface area contributed by atoms with Gasteiger partial charge in [0, 0.05) is 18.2 Å². The molecule has 0 rings (SSSR count). The maximum Gasteiger partial charge on any atom is 0.330 e. The molecule has 0 saturated heterocycles. The van der Waals surface area contributed by atoms with Gasteiger partial charge in [0.2, 0.25) is 5.91 Å². The van der Waals surface area contributed by atoms with Crippen LogP contribution in [0.15, 0.2) is 50.6 Å². The molecule has 0 bridgehead atoms. The molecule has 13 nitrogen and oxygen atoms in total. The molecule has 0 saturated carbocycles. The second-order valence-electron chi connectivity index (χ2n) is 7.93. The fourth-order valence-corrected chi connectivity index (χ4v) is 2.24. The van der Waals surface area contributed by atoms with Crippen LogP contribution in [0.25, 0.3) is 0 Å². The second kappa shape index (κ2) is 31.3. The predicted octanol–water partition coefficient (Wildman–Crippen LogP) is 3.18. The number of amides is 1. The molecule has 4 N–H and O–H groups in total. The van der Waals surface area contributed by atoms with E-state index in [9.17, 15) is 37.2 Å². The Kier molecular flexibility index (Phi) is 38.4. The van der Waals surface area contributed by atoms with Crippen LogP contribution in [-0.4, -0.2) is 76.5 Å². The van der Waals surface area contributed by atoms with Crippen LogP contribution in [0.1, 0.15) is 61.3 Å². The summed E-state index contributed by atoms with van der Waals surface area (Å²) < 4.78 is 34.2. The van der Waals surface area contributed by atoms with E-state index in [2.05, 4.69) is 36.4 Å². The maximum atomic E-state index is 10.8. The topological polar surface area (TPSA) is 219 Å². The van der Waals surface area contributed by atoms with Crippen molar-refractivity contribution in [1.82, 2.24) is 5.32 Å². The molecule has 40 heavy (non-hydrogen) atoms. The molecular formula is C26H45NO12S. The summed E-state index contributed by atoms with van der Waals surface area (Å²) in [6.07, 6.45) is 5.85. The lowest BCUT2D eigenvalue weighted by Crippen LogP contribution is -2.47. The van der Waals surface area contributed by atoms with E-state index in [1.165, 1.54) is 47.6 Å². The number of ketones is 2. The van der Waals surface area contributed by atoms with Gasteiger partial charge >= 0.3 is 17.9 Å². The van der Waals surface area contributed by atoms with Crippen molar-refractivity contribution in [3.63, 3.8) is 0 Å². The minimum absolute atomic E-state index is 0.167. The van der Waals surface area contributed by atoms with Crippen LogP contribution < -0.4 is 5.32 Å². The largest absolute Gasteiger partial charge is 0.478 e. The quantitative estimate of drug-likeness (QED) is 0.124. The van der Waals surface area contributed by atoms with Crippen LogP contribution in [0.4, 0.5) is 0 Å². The average Bonchev–Trinajstić information content (AvgIpc) is 2.77. The lowest BCUT2D eigenvalue weighted by atomic mass is 10.1. The van der Waals surface area contributed by atoms with Crippen LogP contribution in [0.2, 0.25) is 0 Å². The summed E-state index contributed by atoms with van der Waals surface area (Å²) in [6.45, 7) is 24.0. The summed E-state index contributed by atoms with van der Waals surface area (Å²) in [4.78, 5) is 58.5. The number of rotatable bonds is 10. The fourth-order valence-electron chi connectivity index (χ4n) is 1.25. The van der Waals surface area contributed by atoms with Gasteiger partial charge in [0.25, 0.3) is 10.1 Å². The lowest BCUT2D eigenvalue weighted by molar-refractivity contribution is -0.138. The first-order valence-corrected chi connectivity index (χ1v) is 12.9. The normalized spacial score (nSPS) is 8.80. The van der Waals surface area contributed by atoms with E-state index in [0.717, 1.165) is 31.1 Å². The van der Waals surface area contributed by atoms with Gasteiger partial charge in [0.15, 0.2) is 0 Å². The van der Waals surface area contributed by atoms with E-state index in [4.69, 9.17) is 14.8 Å². The van der Waals surface area contributed by atoms with E-state index in [1.807, 2.05) is 6.92 Å². The number of ether oxygens (including phenoxy) is 1. The molecule has 0 heterocycles. The summed E-state index contributed by atoms with van der Waals surface area (Å²) in [5, 5.41) is 17.6. The highest BCUT2D eigenvalue weighted by atomic mass is 32.2. The summed E-state index contributed by atoms with van der Waals surface area (Å²) in [5.74, 6) is -2.97. The maximum absolute atomic E-state index is 10.8. The monoisotopic (exact) mass is 595 g/mol. The number of aliphatic carboxylic acids is 2. The third-order valence-electron chi connectivity index (χ3n) is 2.45. The van der Waals surface area contributed by atoms with E-state index >= 15 is 0 Å². The Morgan fingerprint density at radius 1 is 0.800 bits per heavy atom. The average molecular weight is 596 g/mol. The Bertz CT molecular complexity index is 882. The van der Waals surface area contributed by atoms with Crippen molar-refractivity contribution in [3.8, 4) is 0 Å². The van der Waals surface area contributed by atoms with Gasteiger partial charge in [-0.25, -0.2) is 14.4 Å². The summed E-state index contributed by atoms with van der Waals surface area (Å²) >= 11 is 0. The highest BCUT2D eigenvalue weighted by Gasteiger charge is 2.25. The SMILES string of the molecule is C=CC(=O)NC(C)(C)CS(=O)(=O)O.C=CC(=O)O.C=CC(=O)O.C=CC(=O)OCCCC.CC(C)=O.CC(C)=O. The Hall–Kier alpha value is -3.91. The van der Waals surface area contributed by atoms with Crippen molar-refractivity contribution in [2.45, 2.75) is 66.8 Å². The van der Waals surface area contributed by atoms with Crippen molar-refractivity contribution in [3.05, 3.63) is 50.6 Å². The Morgan fingerprint density at radius 3 is 1.32 bits per heavy atom. The molecule has 0 aromatic rings. The van der Waals surface area contributed by atoms with E-state index in [1.54, 1.807) is 0 Å². The third-order valence-corrected chi connectivity index (χ3v) is 3.53. The highest BCUT2D eigenvalue weighted by Crippen LogP contribution is 2.05. The van der Waals surface area contributed by atoms with Crippen LogP contribution in [0, 0.1) is 0 Å². The van der Waals surface area contributed by atoms with Crippen molar-refractivity contribution >= 4 is 45.5 Å². The molecular weight excluding hydrogens is 550 g/mol. The highest BCUT2D eigenvalue weighted by molar-refractivity contribution is 7.85. The molecule has 0 aromatic carbocycles. The first-order valence-electron chi connectivity index (χ1n) is 11.3. The number of nitrogens with one attached hydrogen (secondary N) is 1. The molecule has 0 aliphatic rings. The van der Waals surface area contributed by atoms with Gasteiger partial charge in [-0.1, -0.05) is 39.7 Å². The second-order valence-corrected chi connectivity index (χ2v) is 9.38. The van der Waals surface area contributed by atoms with Gasteiger partial charge < -0.3 is 29.9 Å². The van der Waals surface area contributed by atoms with Crippen LogP contribution in [0.5, 0.6) is 0 Å². The van der Waals surface area contributed by atoms with Gasteiger partial charge in [-0.2, -0.15) is 8.42 Å². The number of hydrogen-bond acceptors (Lipinski definition) is 9. The fraction of sp³-hybridized carbons (Fsp3) is 0.462. The Balaban J connectivity index is -0.0000000933. The number of carboxylic acid groups (broad SMARTS) is 2. The third kappa shape index (κ3) is 92.5. The molecule has 232 valence electrons. The van der Waals surface area contributed by atoms with Crippen molar-refractivity contribution in [2.24, 2.45) is 0 Å². The van der Waals surface area contributed by atoms with Gasteiger partial charge in [-0.15, -0.1) is 0 Å². The van der Waals surface area contributed by atoms with Crippen LogP contribution in [-0.2, 0) is 43.6 Å². The van der Waals surface area contributed by atoms with Gasteiger partial charge in [0.1, 0.15) is 11.6 Å². The van der Waals surface area contributed by atoms with Gasteiger partial charge in [0.05, 0.1) is 17.9 Å². The molecule has 14 heteroatoms. The van der Waals surface area contributed by atoms with Crippen LogP contribution in [0.3, 0.4) is 0 Å². The number of carbonyl (C=O) groups excluding carboxylic acids is 4. The minimum Gasteiger partial charge on any atom is -0.478 e. The number of Topliss-reactive ketones (excluding diaryl/α,β-unsaturated/α-hetero) is 2. The number of carboxylic acids is 2. The number of esters is 1. The molecule has 1 amide bonds. The summed E-state index contributed by atoms with van der Waals surface area (Å²) in [6, 6.07) is 0. The number of hydrogen-bond donors (Lipinski definition) is 4. The van der Waals surface area contributed by atoms with Gasteiger partial charge in [-0.05, 0) is 54.0 Å². The van der Waals surface area contributed by atoms with Crippen molar-refractivity contribution < 1.29 is 56.7 Å². The molecule has 0 unspecified atom stereocenters. The Morgan fingerprint density at radius 2 is 1.12 bits per heavy atom. The number of unbranched alkanes of at least 4 members (excludes halogenated alkanes) is 1. The van der Waals surface area contributed by atoms with E-state index in [0.29, 0.717) is 6.61 Å². The van der Waals surface area contributed by atoms with E-state index in [-0.39, 0.29) is 17.5 Å². The zero-order chi connectivity index (χ0) is 33.5. The minimum atomic E-state index is -4.08. The molecule has 0 aliphatic carbocycles. The lowest BCUT2D eigenvalue weighted by Gasteiger charge is -2.23. The Labute approximate surface area is 237 Å². The smallest absolute Gasteiger partial charge is 0.330 e. The first kappa shape index (κ1) is 49.1. The van der Waals surface area contributed by atoms with Crippen LogP contribution >= 0.6 is 0 Å². The van der Waals surface area contributed by atoms with Crippen molar-refractivity contribution in [1.29, 1.82) is 0 Å². The molecule has 0 fully saturated rings. The molecule has 0 aromatic heterocycles. The van der Waals surface area contributed by atoms with Gasteiger partial charge in [-0.3, -0.25) is 9.35 Å².